The third kappa shape index (κ3) is 8.69. The van der Waals surface area contributed by atoms with Crippen LogP contribution < -0.4 is 46.9 Å². The molecule has 10 aromatic rings. The van der Waals surface area contributed by atoms with Crippen molar-refractivity contribution < 1.29 is 0 Å². The lowest BCUT2D eigenvalue weighted by molar-refractivity contribution is 0.590. The van der Waals surface area contributed by atoms with Crippen LogP contribution in [0.25, 0.3) is 20.8 Å². The van der Waals surface area contributed by atoms with Crippen LogP contribution in [0.15, 0.2) is 206 Å². The van der Waals surface area contributed by atoms with Gasteiger partial charge in [-0.1, -0.05) is 235 Å². The summed E-state index contributed by atoms with van der Waals surface area (Å²) in [5, 5.41) is 6.41. The van der Waals surface area contributed by atoms with E-state index in [9.17, 15) is 0 Å². The van der Waals surface area contributed by atoms with Crippen molar-refractivity contribution in [2.45, 2.75) is 105 Å². The standard InChI is InChI=1S/C71H70BN3SSi/c1-68(2,3)48-30-28-47(29-31-48)67-73-60-45-59-62(46-65(60)76-67)75(53-39-34-50(35-40-53)70(7,8)9)64-44-57(77(54-22-16-13-17-23-54,55-24-18-14-19-25-55)56-26-20-15-21-27-56)43-63-66(64)72(59)58-42-51(71(10,11)12)36-41-61(58)74(63)52-37-32-49(33-38-52)69(4,5)6/h13-46H,1-12H3. The first-order valence-corrected chi connectivity index (χ1v) is 30.4. The topological polar surface area (TPSA) is 19.4 Å². The first-order valence-electron chi connectivity index (χ1n) is 27.6. The molecule has 77 heavy (non-hydrogen) atoms. The Kier molecular flexibility index (Phi) is 12.1. The molecule has 3 heterocycles. The highest BCUT2D eigenvalue weighted by molar-refractivity contribution is 7.22. The second-order valence-corrected chi connectivity index (χ2v) is 30.6. The predicted octanol–water partition coefficient (Wildman–Crippen LogP) is 14.6. The number of rotatable bonds is 7. The van der Waals surface area contributed by atoms with Gasteiger partial charge in [0.2, 0.25) is 0 Å². The van der Waals surface area contributed by atoms with Crippen LogP contribution in [0.4, 0.5) is 34.1 Å². The molecule has 0 aliphatic carbocycles. The normalized spacial score (nSPS) is 13.6. The molecule has 12 rings (SSSR count). The van der Waals surface area contributed by atoms with Crippen LogP contribution in [-0.2, 0) is 21.7 Å². The van der Waals surface area contributed by atoms with Gasteiger partial charge in [0.1, 0.15) is 5.01 Å². The number of nitrogens with zero attached hydrogens (tertiary/aromatic N) is 3. The number of fused-ring (bicyclic) bond motifs is 5. The predicted molar refractivity (Wildman–Crippen MR) is 337 cm³/mol. The van der Waals surface area contributed by atoms with Gasteiger partial charge in [0, 0.05) is 39.7 Å². The molecule has 382 valence electrons. The Morgan fingerprint density at radius 3 is 1.22 bits per heavy atom. The molecule has 9 aromatic carbocycles. The molecule has 0 unspecified atom stereocenters. The van der Waals surface area contributed by atoms with Crippen molar-refractivity contribution in [2.75, 3.05) is 9.80 Å². The summed E-state index contributed by atoms with van der Waals surface area (Å²) < 4.78 is 1.18. The fraction of sp³-hybridized carbons (Fsp3) is 0.225. The Hall–Kier alpha value is -7.25. The third-order valence-corrected chi connectivity index (χ3v) is 22.3. The molecule has 0 saturated carbocycles. The Balaban J connectivity index is 1.23. The van der Waals surface area contributed by atoms with Gasteiger partial charge in [-0.3, -0.25) is 0 Å². The quantitative estimate of drug-likeness (QED) is 0.117. The smallest absolute Gasteiger partial charge is 0.252 e. The van der Waals surface area contributed by atoms with E-state index in [0.717, 1.165) is 27.5 Å². The monoisotopic (exact) mass is 1040 g/mol. The van der Waals surface area contributed by atoms with Crippen LogP contribution in [0.2, 0.25) is 0 Å². The van der Waals surface area contributed by atoms with Crippen LogP contribution >= 0.6 is 11.3 Å². The number of anilines is 6. The minimum atomic E-state index is -3.11. The van der Waals surface area contributed by atoms with Gasteiger partial charge in [-0.25, -0.2) is 4.98 Å². The highest BCUT2D eigenvalue weighted by atomic mass is 32.1. The van der Waals surface area contributed by atoms with Gasteiger partial charge in [-0.2, -0.15) is 0 Å². The zero-order valence-corrected chi connectivity index (χ0v) is 48.8. The lowest BCUT2D eigenvalue weighted by atomic mass is 9.33. The number of aromatic nitrogens is 1. The molecule has 0 N–H and O–H groups in total. The highest BCUT2D eigenvalue weighted by Crippen LogP contribution is 2.47. The minimum absolute atomic E-state index is 0.000104. The lowest BCUT2D eigenvalue weighted by Gasteiger charge is -2.46. The first kappa shape index (κ1) is 50.6. The largest absolute Gasteiger partial charge is 0.311 e. The first-order chi connectivity index (χ1) is 36.7. The van der Waals surface area contributed by atoms with E-state index in [0.29, 0.717) is 0 Å². The summed E-state index contributed by atoms with van der Waals surface area (Å²) in [6.07, 6.45) is 0. The SMILES string of the molecule is CC(C)(C)c1ccc(-c2nc3cc4c(cc3s2)N(c2ccc(C(C)(C)C)cc2)c2cc([Si](c3ccccc3)(c3ccccc3)c3ccccc3)cc3c2B4c2cc(C(C)(C)C)ccc2N3c2ccc(C(C)(C)C)cc2)cc1. The van der Waals surface area contributed by atoms with Crippen LogP contribution in [-0.4, -0.2) is 19.8 Å². The molecular formula is C71H70BN3SSi. The number of thiazole rings is 1. The second kappa shape index (κ2) is 18.5. The van der Waals surface area contributed by atoms with Crippen molar-refractivity contribution >= 4 is 108 Å². The van der Waals surface area contributed by atoms with E-state index in [2.05, 4.69) is 299 Å². The summed E-state index contributed by atoms with van der Waals surface area (Å²) in [7, 11) is -3.11. The summed E-state index contributed by atoms with van der Waals surface area (Å²) in [6.45, 7) is 27.6. The van der Waals surface area contributed by atoms with Crippen molar-refractivity contribution in [3.8, 4) is 10.6 Å². The molecule has 0 atom stereocenters. The van der Waals surface area contributed by atoms with Crippen molar-refractivity contribution in [1.82, 2.24) is 4.98 Å². The molecule has 0 fully saturated rings. The second-order valence-electron chi connectivity index (χ2n) is 25.7. The van der Waals surface area contributed by atoms with Crippen molar-refractivity contribution in [3.05, 3.63) is 229 Å². The van der Waals surface area contributed by atoms with E-state index >= 15 is 0 Å². The van der Waals surface area contributed by atoms with Crippen molar-refractivity contribution in [3.63, 3.8) is 0 Å². The van der Waals surface area contributed by atoms with Crippen LogP contribution in [0, 0.1) is 0 Å². The summed E-state index contributed by atoms with van der Waals surface area (Å²) >= 11 is 1.80. The molecule has 0 spiro atoms. The molecule has 0 saturated heterocycles. The Morgan fingerprint density at radius 1 is 0.377 bits per heavy atom. The molecule has 0 amide bonds. The van der Waals surface area contributed by atoms with Crippen molar-refractivity contribution in [2.24, 2.45) is 0 Å². The van der Waals surface area contributed by atoms with Crippen molar-refractivity contribution in [1.29, 1.82) is 0 Å². The lowest BCUT2D eigenvalue weighted by Crippen LogP contribution is -2.75. The maximum absolute atomic E-state index is 5.53. The summed E-state index contributed by atoms with van der Waals surface area (Å²) in [5.74, 6) is 0. The average Bonchev–Trinajstić information content (AvgIpc) is 3.92. The molecular weight excluding hydrogens is 966 g/mol. The van der Waals surface area contributed by atoms with Gasteiger partial charge in [0.25, 0.3) is 6.71 Å². The van der Waals surface area contributed by atoms with E-state index < -0.39 is 8.07 Å². The van der Waals surface area contributed by atoms with Gasteiger partial charge in [-0.15, -0.1) is 11.3 Å². The molecule has 6 heteroatoms. The fourth-order valence-corrected chi connectivity index (χ4v) is 18.0. The van der Waals surface area contributed by atoms with Gasteiger partial charge in [-0.05, 0) is 136 Å². The number of benzene rings is 9. The molecule has 2 aliphatic rings. The summed E-state index contributed by atoms with van der Waals surface area (Å²) in [5.41, 5.74) is 18.4. The zero-order chi connectivity index (χ0) is 53.8. The van der Waals surface area contributed by atoms with Crippen LogP contribution in [0.5, 0.6) is 0 Å². The van der Waals surface area contributed by atoms with Crippen LogP contribution in [0.3, 0.4) is 0 Å². The molecule has 2 aliphatic heterocycles. The van der Waals surface area contributed by atoms with Gasteiger partial charge in [0.15, 0.2) is 8.07 Å². The average molecular weight is 1040 g/mol. The van der Waals surface area contributed by atoms with E-state index in [4.69, 9.17) is 4.98 Å². The molecule has 1 aromatic heterocycles. The van der Waals surface area contributed by atoms with Gasteiger partial charge >= 0.3 is 0 Å². The van der Waals surface area contributed by atoms with E-state index in [1.54, 1.807) is 11.3 Å². The summed E-state index contributed by atoms with van der Waals surface area (Å²) in [6, 6.07) is 79.8. The van der Waals surface area contributed by atoms with E-state index in [1.807, 2.05) is 0 Å². The fourth-order valence-electron chi connectivity index (χ4n) is 12.2. The Morgan fingerprint density at radius 2 is 0.779 bits per heavy atom. The Labute approximate surface area is 463 Å². The van der Waals surface area contributed by atoms with E-state index in [1.165, 1.54) is 86.8 Å². The molecule has 3 nitrogen and oxygen atoms in total. The van der Waals surface area contributed by atoms with E-state index in [-0.39, 0.29) is 28.4 Å². The zero-order valence-electron chi connectivity index (χ0n) is 47.0. The summed E-state index contributed by atoms with van der Waals surface area (Å²) in [4.78, 5) is 10.8. The maximum Gasteiger partial charge on any atom is 0.252 e. The van der Waals surface area contributed by atoms with Crippen LogP contribution in [0.1, 0.15) is 105 Å². The number of hydrogen-bond acceptors (Lipinski definition) is 4. The highest BCUT2D eigenvalue weighted by Gasteiger charge is 2.48. The molecule has 0 bridgehead atoms. The third-order valence-electron chi connectivity index (χ3n) is 16.5. The Bertz CT molecular complexity index is 3720. The van der Waals surface area contributed by atoms with Gasteiger partial charge in [0.05, 0.1) is 10.2 Å². The molecule has 0 radical (unpaired) electrons. The number of hydrogen-bond donors (Lipinski definition) is 0. The minimum Gasteiger partial charge on any atom is -0.311 e. The van der Waals surface area contributed by atoms with Gasteiger partial charge < -0.3 is 9.80 Å². The maximum atomic E-state index is 5.53.